The molecule has 0 heterocycles. The second-order valence-electron chi connectivity index (χ2n) is 2.47. The Hall–Kier alpha value is 0.430. The van der Waals surface area contributed by atoms with Crippen molar-refractivity contribution < 1.29 is 9.84 Å². The molecule has 7 heteroatoms. The van der Waals surface area contributed by atoms with Gasteiger partial charge in [0.1, 0.15) is 16.7 Å². The van der Waals surface area contributed by atoms with Gasteiger partial charge in [0.05, 0.1) is 21.7 Å². The molecule has 0 fully saturated rings. The summed E-state index contributed by atoms with van der Waals surface area (Å²) in [5.41, 5.74) is 0. The Bertz CT molecular complexity index is 351. The third-order valence-electron chi connectivity index (χ3n) is 1.51. The summed E-state index contributed by atoms with van der Waals surface area (Å²) in [6.45, 7) is -0.141. The van der Waals surface area contributed by atoms with Gasteiger partial charge in [-0.15, -0.1) is 0 Å². The number of aliphatic hydroxyl groups excluding tert-OH is 1. The molecule has 84 valence electrons. The molecule has 0 spiro atoms. The van der Waals surface area contributed by atoms with E-state index in [1.54, 1.807) is 0 Å². The highest BCUT2D eigenvalue weighted by molar-refractivity contribution is 6.55. The van der Waals surface area contributed by atoms with Crippen LogP contribution in [0, 0.1) is 0 Å². The van der Waals surface area contributed by atoms with Gasteiger partial charge in [0.2, 0.25) is 0 Å². The summed E-state index contributed by atoms with van der Waals surface area (Å²) in [6, 6.07) is 0. The van der Waals surface area contributed by atoms with E-state index < -0.39 is 0 Å². The molecule has 0 radical (unpaired) electrons. The topological polar surface area (TPSA) is 29.5 Å². The van der Waals surface area contributed by atoms with E-state index >= 15 is 0 Å². The smallest absolute Gasteiger partial charge is 0.159 e. The van der Waals surface area contributed by atoms with Crippen LogP contribution in [-0.2, 0) is 0 Å². The minimum absolute atomic E-state index is 0.0354. The zero-order chi connectivity index (χ0) is 11.6. The van der Waals surface area contributed by atoms with Crippen LogP contribution >= 0.6 is 58.0 Å². The standard InChI is InChI=1S/C8H5Cl5O2/c9-3-4(10)6(12)8(15-2-1-14)7(13)5(3)11/h14H,1-2H2. The van der Waals surface area contributed by atoms with Crippen LogP contribution < -0.4 is 4.74 Å². The quantitative estimate of drug-likeness (QED) is 0.665. The lowest BCUT2D eigenvalue weighted by atomic mass is 10.3. The SMILES string of the molecule is OCCOc1c(Cl)c(Cl)c(Cl)c(Cl)c1Cl. The average molecular weight is 310 g/mol. The van der Waals surface area contributed by atoms with Gasteiger partial charge in [-0.25, -0.2) is 0 Å². The van der Waals surface area contributed by atoms with E-state index in [1.807, 2.05) is 0 Å². The zero-order valence-corrected chi connectivity index (χ0v) is 10.9. The highest BCUT2D eigenvalue weighted by atomic mass is 35.5. The van der Waals surface area contributed by atoms with E-state index in [0.29, 0.717) is 0 Å². The molecule has 0 unspecified atom stereocenters. The lowest BCUT2D eigenvalue weighted by Gasteiger charge is -2.12. The van der Waals surface area contributed by atoms with Gasteiger partial charge in [0.15, 0.2) is 5.75 Å². The summed E-state index contributed by atoms with van der Waals surface area (Å²) in [5.74, 6) is 0.117. The van der Waals surface area contributed by atoms with E-state index in [0.717, 1.165) is 0 Å². The second kappa shape index (κ2) is 5.67. The van der Waals surface area contributed by atoms with Gasteiger partial charge in [-0.3, -0.25) is 0 Å². The van der Waals surface area contributed by atoms with Crippen molar-refractivity contribution >= 4 is 58.0 Å². The van der Waals surface area contributed by atoms with Crippen molar-refractivity contribution in [1.82, 2.24) is 0 Å². The largest absolute Gasteiger partial charge is 0.488 e. The molecule has 0 aromatic heterocycles. The first-order valence-electron chi connectivity index (χ1n) is 3.75. The number of hydrogen-bond donors (Lipinski definition) is 1. The van der Waals surface area contributed by atoms with Crippen molar-refractivity contribution in [3.63, 3.8) is 0 Å². The number of benzene rings is 1. The Balaban J connectivity index is 3.26. The van der Waals surface area contributed by atoms with Crippen molar-refractivity contribution in [3.8, 4) is 5.75 Å². The Morgan fingerprint density at radius 3 is 1.60 bits per heavy atom. The monoisotopic (exact) mass is 308 g/mol. The van der Waals surface area contributed by atoms with Crippen molar-refractivity contribution in [2.75, 3.05) is 13.2 Å². The highest BCUT2D eigenvalue weighted by Gasteiger charge is 2.20. The molecule has 0 aliphatic carbocycles. The van der Waals surface area contributed by atoms with E-state index in [4.69, 9.17) is 67.8 Å². The van der Waals surface area contributed by atoms with Gasteiger partial charge >= 0.3 is 0 Å². The molecule has 15 heavy (non-hydrogen) atoms. The Kier molecular flexibility index (Phi) is 5.10. The van der Waals surface area contributed by atoms with Gasteiger partial charge in [-0.05, 0) is 0 Å². The summed E-state index contributed by atoms with van der Waals surface area (Å²) in [7, 11) is 0. The predicted molar refractivity (Wildman–Crippen MR) is 64.1 cm³/mol. The maximum absolute atomic E-state index is 8.60. The summed E-state index contributed by atoms with van der Waals surface area (Å²) < 4.78 is 5.09. The van der Waals surface area contributed by atoms with Gasteiger partial charge in [0.25, 0.3) is 0 Å². The van der Waals surface area contributed by atoms with Crippen LogP contribution in [0.2, 0.25) is 25.1 Å². The van der Waals surface area contributed by atoms with Crippen LogP contribution in [0.1, 0.15) is 0 Å². The Labute approximate surface area is 112 Å². The number of rotatable bonds is 3. The molecular formula is C8H5Cl5O2. The van der Waals surface area contributed by atoms with Crippen molar-refractivity contribution in [2.24, 2.45) is 0 Å². The molecule has 1 aromatic rings. The molecule has 0 saturated carbocycles. The van der Waals surface area contributed by atoms with Crippen molar-refractivity contribution in [2.45, 2.75) is 0 Å². The minimum atomic E-state index is -0.176. The van der Waals surface area contributed by atoms with Crippen LogP contribution in [0.4, 0.5) is 0 Å². The van der Waals surface area contributed by atoms with Crippen LogP contribution in [0.25, 0.3) is 0 Å². The first-order chi connectivity index (χ1) is 7.00. The molecule has 2 nitrogen and oxygen atoms in total. The fourth-order valence-electron chi connectivity index (χ4n) is 0.859. The summed E-state index contributed by atoms with van der Waals surface area (Å²) in [6.07, 6.45) is 0. The first-order valence-corrected chi connectivity index (χ1v) is 5.64. The molecule has 1 N–H and O–H groups in total. The molecule has 0 amide bonds. The molecular weight excluding hydrogens is 305 g/mol. The van der Waals surface area contributed by atoms with E-state index in [2.05, 4.69) is 0 Å². The molecule has 1 rings (SSSR count). The maximum atomic E-state index is 8.60. The van der Waals surface area contributed by atoms with Gasteiger partial charge in [-0.2, -0.15) is 0 Å². The molecule has 1 aromatic carbocycles. The number of halogens is 5. The van der Waals surface area contributed by atoms with Crippen molar-refractivity contribution in [1.29, 1.82) is 0 Å². The Morgan fingerprint density at radius 2 is 1.20 bits per heavy atom. The molecule has 0 saturated heterocycles. The number of hydrogen-bond acceptors (Lipinski definition) is 2. The number of aliphatic hydroxyl groups is 1. The third-order valence-corrected chi connectivity index (χ3v) is 3.75. The average Bonchev–Trinajstić information content (AvgIpc) is 2.24. The summed E-state index contributed by atoms with van der Waals surface area (Å²) in [5, 5.41) is 8.96. The fraction of sp³-hybridized carbons (Fsp3) is 0.250. The number of ether oxygens (including phenoxy) is 1. The highest BCUT2D eigenvalue weighted by Crippen LogP contribution is 2.48. The fourth-order valence-corrected chi connectivity index (χ4v) is 2.09. The lowest BCUT2D eigenvalue weighted by molar-refractivity contribution is 0.201. The normalized spacial score (nSPS) is 10.5. The third kappa shape index (κ3) is 2.76. The van der Waals surface area contributed by atoms with Gasteiger partial charge in [-0.1, -0.05) is 58.0 Å². The van der Waals surface area contributed by atoms with Crippen molar-refractivity contribution in [3.05, 3.63) is 25.1 Å². The molecule has 0 atom stereocenters. The Morgan fingerprint density at radius 1 is 0.800 bits per heavy atom. The molecule has 0 aliphatic rings. The minimum Gasteiger partial charge on any atom is -0.488 e. The molecule has 0 aliphatic heterocycles. The summed E-state index contributed by atoms with van der Waals surface area (Å²) >= 11 is 29.0. The lowest BCUT2D eigenvalue weighted by Crippen LogP contribution is -2.03. The second-order valence-corrected chi connectivity index (χ2v) is 4.36. The molecule has 0 bridgehead atoms. The van der Waals surface area contributed by atoms with E-state index in [-0.39, 0.29) is 44.1 Å². The van der Waals surface area contributed by atoms with Crippen LogP contribution in [-0.4, -0.2) is 18.3 Å². The van der Waals surface area contributed by atoms with Crippen LogP contribution in [0.5, 0.6) is 5.75 Å². The first kappa shape index (κ1) is 13.5. The van der Waals surface area contributed by atoms with Gasteiger partial charge < -0.3 is 9.84 Å². The maximum Gasteiger partial charge on any atom is 0.159 e. The predicted octanol–water partition coefficient (Wildman–Crippen LogP) is 4.32. The van der Waals surface area contributed by atoms with Crippen LogP contribution in [0.3, 0.4) is 0 Å². The summed E-state index contributed by atoms with van der Waals surface area (Å²) in [4.78, 5) is 0. The van der Waals surface area contributed by atoms with E-state index in [1.165, 1.54) is 0 Å². The zero-order valence-electron chi connectivity index (χ0n) is 7.16. The van der Waals surface area contributed by atoms with Crippen LogP contribution in [0.15, 0.2) is 0 Å². The van der Waals surface area contributed by atoms with E-state index in [9.17, 15) is 0 Å². The van der Waals surface area contributed by atoms with Gasteiger partial charge in [0, 0.05) is 0 Å².